The Kier molecular flexibility index (Phi) is 6.01. The molecule has 1 saturated heterocycles. The van der Waals surface area contributed by atoms with E-state index < -0.39 is 15.7 Å². The second kappa shape index (κ2) is 8.91. The van der Waals surface area contributed by atoms with Crippen LogP contribution >= 0.6 is 11.6 Å². The molecule has 3 heterocycles. The summed E-state index contributed by atoms with van der Waals surface area (Å²) in [6, 6.07) is 9.76. The molecule has 36 heavy (non-hydrogen) atoms. The van der Waals surface area contributed by atoms with Crippen LogP contribution in [0.15, 0.2) is 51.0 Å². The van der Waals surface area contributed by atoms with Crippen molar-refractivity contribution in [3.8, 4) is 0 Å². The maximum atomic E-state index is 13.8. The topological polar surface area (TPSA) is 133 Å². The summed E-state index contributed by atoms with van der Waals surface area (Å²) in [7, 11) is -2.40. The zero-order valence-corrected chi connectivity index (χ0v) is 21.5. The fourth-order valence-electron chi connectivity index (χ4n) is 4.55. The van der Waals surface area contributed by atoms with Crippen LogP contribution in [0, 0.1) is 13.8 Å². The number of likely N-dealkylation sites (tertiary alicyclic amines) is 1. The van der Waals surface area contributed by atoms with Crippen molar-refractivity contribution in [1.82, 2.24) is 30.0 Å². The van der Waals surface area contributed by atoms with Crippen LogP contribution < -0.4 is 11.0 Å². The molecule has 1 fully saturated rings. The summed E-state index contributed by atoms with van der Waals surface area (Å²) >= 11 is 6.19. The molecule has 0 spiro atoms. The number of fused-ring (bicyclic) bond motifs is 1. The van der Waals surface area contributed by atoms with Crippen molar-refractivity contribution in [1.29, 1.82) is 0 Å². The summed E-state index contributed by atoms with van der Waals surface area (Å²) in [5.41, 5.74) is 1.80. The van der Waals surface area contributed by atoms with Gasteiger partial charge in [0, 0.05) is 36.1 Å². The van der Waals surface area contributed by atoms with Gasteiger partial charge in [-0.2, -0.15) is 5.10 Å². The number of nitrogens with zero attached hydrogens (tertiary/aromatic N) is 3. The van der Waals surface area contributed by atoms with Crippen LogP contribution in [-0.4, -0.2) is 58.1 Å². The third-order valence-corrected chi connectivity index (χ3v) is 8.40. The van der Waals surface area contributed by atoms with Crippen LogP contribution in [-0.2, 0) is 23.4 Å². The Labute approximate surface area is 212 Å². The van der Waals surface area contributed by atoms with Crippen LogP contribution in [0.1, 0.15) is 27.4 Å². The van der Waals surface area contributed by atoms with Crippen molar-refractivity contribution in [2.45, 2.75) is 36.2 Å². The number of aromatic amines is 2. The first-order valence-electron chi connectivity index (χ1n) is 11.3. The zero-order chi connectivity index (χ0) is 25.8. The number of halogens is 1. The van der Waals surface area contributed by atoms with E-state index in [4.69, 9.17) is 11.6 Å². The number of rotatable bonds is 6. The van der Waals surface area contributed by atoms with Crippen LogP contribution in [0.5, 0.6) is 0 Å². The summed E-state index contributed by atoms with van der Waals surface area (Å²) in [5.74, 6) is 0.0844. The van der Waals surface area contributed by atoms with Gasteiger partial charge in [-0.15, -0.1) is 0 Å². The Hall–Kier alpha value is -3.41. The van der Waals surface area contributed by atoms with Crippen molar-refractivity contribution in [3.63, 3.8) is 0 Å². The summed E-state index contributed by atoms with van der Waals surface area (Å²) < 4.78 is 29.1. The summed E-state index contributed by atoms with van der Waals surface area (Å²) in [6.45, 7) is 5.19. The molecule has 0 atom stereocenters. The summed E-state index contributed by atoms with van der Waals surface area (Å²) in [5, 5.41) is 10.1. The lowest BCUT2D eigenvalue weighted by atomic mass is 10.1. The number of carbonyl (C=O) groups is 1. The Bertz CT molecular complexity index is 1640. The van der Waals surface area contributed by atoms with E-state index in [1.807, 2.05) is 24.8 Å². The molecule has 0 radical (unpaired) electrons. The molecule has 0 unspecified atom stereocenters. The number of nitrogens with one attached hydrogen (secondary N) is 3. The zero-order valence-electron chi connectivity index (χ0n) is 19.9. The number of aromatic nitrogens is 4. The van der Waals surface area contributed by atoms with E-state index in [1.165, 1.54) is 4.57 Å². The van der Waals surface area contributed by atoms with Crippen molar-refractivity contribution in [2.75, 3.05) is 13.1 Å². The number of hydrogen-bond donors (Lipinski definition) is 3. The number of H-pyrrole nitrogens is 2. The number of benzene rings is 2. The molecular formula is C24H25ClN6O4S. The number of hydrogen-bond acceptors (Lipinski definition) is 6. The second-order valence-corrected chi connectivity index (χ2v) is 11.5. The van der Waals surface area contributed by atoms with Crippen molar-refractivity contribution in [3.05, 3.63) is 74.6 Å². The Balaban J connectivity index is 1.43. The maximum absolute atomic E-state index is 13.8. The van der Waals surface area contributed by atoms with Gasteiger partial charge in [0.2, 0.25) is 9.84 Å². The smallest absolute Gasteiger partial charge is 0.343 e. The average Bonchev–Trinajstić information content (AvgIpc) is 3.32. The highest BCUT2D eigenvalue weighted by molar-refractivity contribution is 7.91. The average molecular weight is 529 g/mol. The molecule has 3 N–H and O–H groups in total. The van der Waals surface area contributed by atoms with Gasteiger partial charge in [-0.25, -0.2) is 18.3 Å². The first kappa shape index (κ1) is 24.3. The van der Waals surface area contributed by atoms with Crippen molar-refractivity contribution in [2.24, 2.45) is 7.05 Å². The predicted octanol–water partition coefficient (Wildman–Crippen LogP) is 2.31. The third-order valence-electron chi connectivity index (χ3n) is 6.34. The lowest BCUT2D eigenvalue weighted by Gasteiger charge is -2.39. The first-order chi connectivity index (χ1) is 17.0. The number of amides is 1. The standard InChI is InChI=1S/C24H25ClN6O4S/c1-13-6-14(2)8-17(7-13)36(34,35)22-18-9-15(25)4-5-19(18)27-21(22)23(32)26-16-10-31(11-16)12-20-28-29-24(33)30(20)3/h4-9,16,27H,10-12H2,1-3H3,(H,26,32)(H,29,33). The number of sulfone groups is 1. The highest BCUT2D eigenvalue weighted by atomic mass is 35.5. The fourth-order valence-corrected chi connectivity index (χ4v) is 6.51. The van der Waals surface area contributed by atoms with Gasteiger partial charge in [0.15, 0.2) is 0 Å². The normalized spacial score (nSPS) is 14.8. The molecule has 4 aromatic rings. The molecule has 0 aliphatic carbocycles. The van der Waals surface area contributed by atoms with E-state index in [9.17, 15) is 18.0 Å². The molecule has 1 aliphatic heterocycles. The molecule has 1 aliphatic rings. The minimum atomic E-state index is -4.04. The molecule has 2 aromatic heterocycles. The molecule has 188 valence electrons. The lowest BCUT2D eigenvalue weighted by molar-refractivity contribution is 0.0778. The van der Waals surface area contributed by atoms with E-state index in [-0.39, 0.29) is 27.2 Å². The molecular weight excluding hydrogens is 504 g/mol. The minimum Gasteiger partial charge on any atom is -0.349 e. The van der Waals surface area contributed by atoms with E-state index in [0.29, 0.717) is 41.4 Å². The quantitative estimate of drug-likeness (QED) is 0.352. The second-order valence-electron chi connectivity index (χ2n) is 9.21. The van der Waals surface area contributed by atoms with E-state index in [2.05, 4.69) is 20.5 Å². The molecule has 12 heteroatoms. The largest absolute Gasteiger partial charge is 0.349 e. The Morgan fingerprint density at radius 2 is 1.86 bits per heavy atom. The van der Waals surface area contributed by atoms with Crippen molar-refractivity contribution >= 4 is 38.2 Å². The minimum absolute atomic E-state index is 0.0282. The number of aryl methyl sites for hydroxylation is 2. The first-order valence-corrected chi connectivity index (χ1v) is 13.2. The van der Waals surface area contributed by atoms with E-state index >= 15 is 0 Å². The van der Waals surface area contributed by atoms with Crippen LogP contribution in [0.2, 0.25) is 5.02 Å². The molecule has 1 amide bonds. The van der Waals surface area contributed by atoms with Gasteiger partial charge >= 0.3 is 5.69 Å². The van der Waals surface area contributed by atoms with Gasteiger partial charge in [-0.1, -0.05) is 17.7 Å². The third kappa shape index (κ3) is 4.34. The van der Waals surface area contributed by atoms with Gasteiger partial charge < -0.3 is 10.3 Å². The number of carbonyl (C=O) groups excluding carboxylic acids is 1. The molecule has 2 aromatic carbocycles. The van der Waals surface area contributed by atoms with E-state index in [1.54, 1.807) is 37.4 Å². The van der Waals surface area contributed by atoms with Gasteiger partial charge in [0.05, 0.1) is 17.5 Å². The highest BCUT2D eigenvalue weighted by Gasteiger charge is 2.34. The van der Waals surface area contributed by atoms with Crippen LogP contribution in [0.25, 0.3) is 10.9 Å². The fraction of sp³-hybridized carbons (Fsp3) is 0.292. The van der Waals surface area contributed by atoms with Gasteiger partial charge in [-0.05, 0) is 55.3 Å². The van der Waals surface area contributed by atoms with Gasteiger partial charge in [0.25, 0.3) is 5.91 Å². The Morgan fingerprint density at radius 3 is 2.50 bits per heavy atom. The highest BCUT2D eigenvalue weighted by Crippen LogP contribution is 2.34. The maximum Gasteiger partial charge on any atom is 0.343 e. The van der Waals surface area contributed by atoms with Crippen LogP contribution in [0.4, 0.5) is 0 Å². The molecule has 0 bridgehead atoms. The van der Waals surface area contributed by atoms with Crippen LogP contribution in [0.3, 0.4) is 0 Å². The molecule has 10 nitrogen and oxygen atoms in total. The monoisotopic (exact) mass is 528 g/mol. The molecule has 5 rings (SSSR count). The van der Waals surface area contributed by atoms with Crippen molar-refractivity contribution < 1.29 is 13.2 Å². The van der Waals surface area contributed by atoms with Gasteiger partial charge in [-0.3, -0.25) is 14.3 Å². The molecule has 0 saturated carbocycles. The summed E-state index contributed by atoms with van der Waals surface area (Å²) in [4.78, 5) is 29.9. The SMILES string of the molecule is Cc1cc(C)cc(S(=O)(=O)c2c(C(=O)NC3CN(Cc4n[nH]c(=O)n4C)C3)[nH]c3ccc(Cl)cc23)c1. The summed E-state index contributed by atoms with van der Waals surface area (Å²) in [6.07, 6.45) is 0. The van der Waals surface area contributed by atoms with Gasteiger partial charge in [0.1, 0.15) is 16.4 Å². The lowest BCUT2D eigenvalue weighted by Crippen LogP contribution is -2.59. The Morgan fingerprint density at radius 1 is 1.17 bits per heavy atom. The predicted molar refractivity (Wildman–Crippen MR) is 135 cm³/mol. The van der Waals surface area contributed by atoms with E-state index in [0.717, 1.165) is 11.1 Å².